The summed E-state index contributed by atoms with van der Waals surface area (Å²) >= 11 is -1.03. The predicted molar refractivity (Wildman–Crippen MR) is 127 cm³/mol. The summed E-state index contributed by atoms with van der Waals surface area (Å²) in [6.45, 7) is 4.86. The summed E-state index contributed by atoms with van der Waals surface area (Å²) in [5, 5.41) is 3.26. The van der Waals surface area contributed by atoms with Crippen molar-refractivity contribution in [2.75, 3.05) is 25.6 Å². The molecular weight excluding hydrogens is 566 g/mol. The van der Waals surface area contributed by atoms with E-state index in [1.54, 1.807) is 24.5 Å². The SMILES string of the molecule is CCc1[nH]c2c(Nc3cccc(F)c3OC)c1C(=O)N[I-]OC/C=C(\C)CCOc1cnccc1-2. The number of aryl methyl sites for hydroxylation is 1. The second-order valence-electron chi connectivity index (χ2n) is 7.83. The molecule has 0 spiro atoms. The molecule has 0 aliphatic carbocycles. The summed E-state index contributed by atoms with van der Waals surface area (Å²) in [5.74, 6) is -0.158. The zero-order chi connectivity index (χ0) is 24.8. The number of rotatable bonds is 4. The number of anilines is 2. The molecule has 1 amide bonds. The average molecular weight is 593 g/mol. The van der Waals surface area contributed by atoms with E-state index < -0.39 is 27.7 Å². The van der Waals surface area contributed by atoms with E-state index in [1.165, 1.54) is 13.2 Å². The number of amides is 1. The first-order valence-corrected chi connectivity index (χ1v) is 13.1. The van der Waals surface area contributed by atoms with E-state index in [0.29, 0.717) is 48.0 Å². The number of aromatic nitrogens is 2. The van der Waals surface area contributed by atoms with Crippen molar-refractivity contribution >= 4 is 17.3 Å². The fraction of sp³-hybridized carbons (Fsp3) is 0.280. The number of halogens is 2. The van der Waals surface area contributed by atoms with Crippen molar-refractivity contribution in [3.05, 3.63) is 65.4 Å². The molecule has 186 valence electrons. The first kappa shape index (κ1) is 25.0. The number of fused-ring (bicyclic) bond motifs is 4. The van der Waals surface area contributed by atoms with Crippen LogP contribution in [0.15, 0.2) is 48.3 Å². The number of H-pyrrole nitrogens is 1. The number of hydrogen-bond donors (Lipinski definition) is 3. The molecule has 3 N–H and O–H groups in total. The van der Waals surface area contributed by atoms with Crippen molar-refractivity contribution in [1.82, 2.24) is 13.5 Å². The van der Waals surface area contributed by atoms with Gasteiger partial charge in [0.05, 0.1) is 0 Å². The summed E-state index contributed by atoms with van der Waals surface area (Å²) in [5.41, 5.74) is 4.55. The number of carbonyl (C=O) groups is 1. The van der Waals surface area contributed by atoms with E-state index in [4.69, 9.17) is 12.5 Å². The van der Waals surface area contributed by atoms with Gasteiger partial charge in [-0.25, -0.2) is 0 Å². The van der Waals surface area contributed by atoms with Crippen molar-refractivity contribution in [3.8, 4) is 22.8 Å². The molecule has 2 aromatic heterocycles. The number of aromatic amines is 1. The number of para-hydroxylation sites is 1. The molecule has 1 aromatic carbocycles. The normalized spacial score (nSPS) is 16.2. The first-order valence-electron chi connectivity index (χ1n) is 11.2. The van der Waals surface area contributed by atoms with Crippen LogP contribution in [0.1, 0.15) is 36.3 Å². The van der Waals surface area contributed by atoms with Crippen molar-refractivity contribution in [2.45, 2.75) is 26.7 Å². The summed E-state index contributed by atoms with van der Waals surface area (Å²) in [7, 11) is 1.40. The Kier molecular flexibility index (Phi) is 8.24. The van der Waals surface area contributed by atoms with Crippen LogP contribution in [0.4, 0.5) is 15.8 Å². The number of hydrogen-bond acceptors (Lipinski definition) is 6. The Bertz CT molecular complexity index is 1240. The Morgan fingerprint density at radius 2 is 2.17 bits per heavy atom. The minimum absolute atomic E-state index is 0.0541. The Morgan fingerprint density at radius 1 is 1.31 bits per heavy atom. The molecule has 3 aromatic rings. The fourth-order valence-corrected chi connectivity index (χ4v) is 4.77. The molecule has 1 aliphatic rings. The fourth-order valence-electron chi connectivity index (χ4n) is 3.78. The summed E-state index contributed by atoms with van der Waals surface area (Å²) < 4.78 is 34.5. The van der Waals surface area contributed by atoms with Crippen LogP contribution < -0.4 is 40.2 Å². The van der Waals surface area contributed by atoms with Gasteiger partial charge in [-0.05, 0) is 0 Å². The van der Waals surface area contributed by atoms with Crippen LogP contribution in [-0.4, -0.2) is 36.2 Å². The molecule has 0 fully saturated rings. The van der Waals surface area contributed by atoms with Gasteiger partial charge in [0.25, 0.3) is 0 Å². The van der Waals surface area contributed by atoms with Gasteiger partial charge in [0.1, 0.15) is 0 Å². The van der Waals surface area contributed by atoms with Gasteiger partial charge in [-0.3, -0.25) is 0 Å². The van der Waals surface area contributed by atoms with Crippen LogP contribution in [0, 0.1) is 5.82 Å². The Hall–Kier alpha value is -3.12. The van der Waals surface area contributed by atoms with E-state index in [9.17, 15) is 9.18 Å². The Balaban J connectivity index is 1.89. The number of carbonyl (C=O) groups excluding carboxylic acids is 1. The van der Waals surface area contributed by atoms with Gasteiger partial charge in [-0.15, -0.1) is 0 Å². The molecule has 8 nitrogen and oxygen atoms in total. The molecule has 0 radical (unpaired) electrons. The van der Waals surface area contributed by atoms with Crippen LogP contribution in [0.25, 0.3) is 11.3 Å². The van der Waals surface area contributed by atoms with Crippen LogP contribution in [0.3, 0.4) is 0 Å². The van der Waals surface area contributed by atoms with E-state index >= 15 is 0 Å². The molecule has 0 saturated heterocycles. The molecule has 3 heterocycles. The van der Waals surface area contributed by atoms with E-state index in [2.05, 4.69) is 18.8 Å². The molecule has 35 heavy (non-hydrogen) atoms. The summed E-state index contributed by atoms with van der Waals surface area (Å²) in [6, 6.07) is 6.43. The number of methoxy groups -OCH3 is 1. The van der Waals surface area contributed by atoms with E-state index in [-0.39, 0.29) is 11.7 Å². The molecule has 10 heteroatoms. The summed E-state index contributed by atoms with van der Waals surface area (Å²) in [4.78, 5) is 21.0. The first-order chi connectivity index (χ1) is 17.0. The molecule has 4 rings (SSSR count). The Morgan fingerprint density at radius 3 is 2.97 bits per heavy atom. The minimum atomic E-state index is -1.03. The number of benzene rings is 1. The molecular formula is C25H27FIN4O4-. The zero-order valence-corrected chi connectivity index (χ0v) is 21.9. The van der Waals surface area contributed by atoms with Crippen molar-refractivity contribution < 1.29 is 43.6 Å². The van der Waals surface area contributed by atoms with E-state index in [0.717, 1.165) is 23.3 Å². The number of pyridine rings is 1. The average Bonchev–Trinajstić information content (AvgIpc) is 3.21. The maximum absolute atomic E-state index is 14.5. The third-order valence-corrected chi connectivity index (χ3v) is 6.95. The summed E-state index contributed by atoms with van der Waals surface area (Å²) in [6.07, 6.45) is 6.61. The van der Waals surface area contributed by atoms with Crippen LogP contribution in [0.2, 0.25) is 0 Å². The number of nitrogens with one attached hydrogen (secondary N) is 3. The molecule has 0 atom stereocenters. The van der Waals surface area contributed by atoms with Gasteiger partial charge >= 0.3 is 215 Å². The molecule has 1 aliphatic heterocycles. The zero-order valence-electron chi connectivity index (χ0n) is 19.7. The second kappa shape index (κ2) is 11.5. The van der Waals surface area contributed by atoms with Crippen LogP contribution >= 0.6 is 0 Å². The van der Waals surface area contributed by atoms with Crippen molar-refractivity contribution in [3.63, 3.8) is 0 Å². The van der Waals surface area contributed by atoms with Crippen LogP contribution in [0.5, 0.6) is 11.5 Å². The topological polar surface area (TPSA) is 97.5 Å². The van der Waals surface area contributed by atoms with Crippen molar-refractivity contribution in [1.29, 1.82) is 0 Å². The maximum atomic E-state index is 14.5. The molecule has 0 saturated carbocycles. The van der Waals surface area contributed by atoms with Gasteiger partial charge in [0, 0.05) is 0 Å². The standard InChI is InChI=1S/C25H27FIN4O4/c1-4-18-21-23(30-19-7-5-6-17(26)24(19)33-3)22(29-18)16-8-11-28-14-20(16)34-12-9-15(2)10-13-35-27-31-25(21)32/h5-8,10-11,14,29-30H,4,9,12-13H2,1-3H3,(H,31,32)/q-1/b15-10+. The van der Waals surface area contributed by atoms with Gasteiger partial charge in [0.15, 0.2) is 0 Å². The Labute approximate surface area is 214 Å². The quantitative estimate of drug-likeness (QED) is 0.243. The molecule has 0 unspecified atom stereocenters. The number of nitrogens with zero attached hydrogens (tertiary/aromatic N) is 1. The monoisotopic (exact) mass is 593 g/mol. The van der Waals surface area contributed by atoms with Gasteiger partial charge in [0.2, 0.25) is 0 Å². The van der Waals surface area contributed by atoms with Crippen LogP contribution in [-0.2, 0) is 9.49 Å². The van der Waals surface area contributed by atoms with Gasteiger partial charge in [-0.1, -0.05) is 0 Å². The predicted octanol–water partition coefficient (Wildman–Crippen LogP) is 1.92. The number of ether oxygens (including phenoxy) is 2. The van der Waals surface area contributed by atoms with E-state index in [1.807, 2.05) is 26.0 Å². The second-order valence-corrected chi connectivity index (χ2v) is 9.43. The molecule has 2 bridgehead atoms. The van der Waals surface area contributed by atoms with Gasteiger partial charge in [-0.2, -0.15) is 0 Å². The van der Waals surface area contributed by atoms with Crippen molar-refractivity contribution in [2.24, 2.45) is 0 Å². The van der Waals surface area contributed by atoms with Gasteiger partial charge < -0.3 is 0 Å². The third kappa shape index (κ3) is 5.59. The third-order valence-electron chi connectivity index (χ3n) is 5.57.